The minimum Gasteiger partial charge on any atom is -0.349 e. The molecule has 1 amide bonds. The topological polar surface area (TPSA) is 89.2 Å². The number of nitrogens with zero attached hydrogens (tertiary/aromatic N) is 4. The highest BCUT2D eigenvalue weighted by molar-refractivity contribution is 7.88. The van der Waals surface area contributed by atoms with E-state index in [1.807, 2.05) is 12.1 Å². The van der Waals surface area contributed by atoms with Gasteiger partial charge < -0.3 is 9.88 Å². The summed E-state index contributed by atoms with van der Waals surface area (Å²) in [6, 6.07) is 9.42. The standard InChI is InChI=1S/C20H22FN5O3S/c1-30(28,29)25-12-8-16(9-13-25)23-19(27)18-14-22-26(17-6-4-15(21)5-7-17)20(18)24-10-2-3-11-24/h2-7,10-11,14,16H,8-9,12-13H2,1H3,(H,23,27). The lowest BCUT2D eigenvalue weighted by atomic mass is 10.1. The molecule has 8 nitrogen and oxygen atoms in total. The van der Waals surface area contributed by atoms with Gasteiger partial charge in [0.25, 0.3) is 5.91 Å². The van der Waals surface area contributed by atoms with Crippen molar-refractivity contribution in [3.63, 3.8) is 0 Å². The SMILES string of the molecule is CS(=O)(=O)N1CCC(NC(=O)c2cnn(-c3ccc(F)cc3)c2-n2cccc2)CC1. The minimum atomic E-state index is -3.22. The molecule has 0 atom stereocenters. The molecule has 0 saturated carbocycles. The van der Waals surface area contributed by atoms with E-state index in [1.54, 1.807) is 33.8 Å². The van der Waals surface area contributed by atoms with Crippen molar-refractivity contribution in [3.8, 4) is 11.5 Å². The van der Waals surface area contributed by atoms with Crippen LogP contribution in [0.3, 0.4) is 0 Å². The van der Waals surface area contributed by atoms with Gasteiger partial charge in [-0.05, 0) is 49.2 Å². The molecule has 0 radical (unpaired) electrons. The van der Waals surface area contributed by atoms with E-state index >= 15 is 0 Å². The molecule has 30 heavy (non-hydrogen) atoms. The van der Waals surface area contributed by atoms with Crippen molar-refractivity contribution < 1.29 is 17.6 Å². The zero-order valence-corrected chi connectivity index (χ0v) is 17.2. The molecule has 0 unspecified atom stereocenters. The molecule has 158 valence electrons. The molecule has 3 aromatic rings. The van der Waals surface area contributed by atoms with E-state index in [1.165, 1.54) is 28.9 Å². The molecule has 10 heteroatoms. The number of carbonyl (C=O) groups is 1. The minimum absolute atomic E-state index is 0.123. The largest absolute Gasteiger partial charge is 0.349 e. The normalized spacial score (nSPS) is 15.9. The number of benzene rings is 1. The van der Waals surface area contributed by atoms with Gasteiger partial charge in [0.1, 0.15) is 11.4 Å². The Bertz CT molecular complexity index is 1130. The monoisotopic (exact) mass is 431 g/mol. The lowest BCUT2D eigenvalue weighted by molar-refractivity contribution is 0.0924. The van der Waals surface area contributed by atoms with Crippen LogP contribution in [0.1, 0.15) is 23.2 Å². The predicted molar refractivity (Wildman–Crippen MR) is 110 cm³/mol. The molecule has 1 aliphatic rings. The maximum Gasteiger partial charge on any atom is 0.256 e. The lowest BCUT2D eigenvalue weighted by Gasteiger charge is -2.30. The smallest absolute Gasteiger partial charge is 0.256 e. The van der Waals surface area contributed by atoms with Crippen LogP contribution in [0.25, 0.3) is 11.5 Å². The number of piperidine rings is 1. The third-order valence-corrected chi connectivity index (χ3v) is 6.47. The number of hydrogen-bond donors (Lipinski definition) is 1. The van der Waals surface area contributed by atoms with Crippen molar-refractivity contribution >= 4 is 15.9 Å². The van der Waals surface area contributed by atoms with Gasteiger partial charge in [-0.1, -0.05) is 0 Å². The van der Waals surface area contributed by atoms with Crippen LogP contribution >= 0.6 is 0 Å². The van der Waals surface area contributed by atoms with Crippen LogP contribution in [0.15, 0.2) is 55.0 Å². The molecule has 4 rings (SSSR count). The Morgan fingerprint density at radius 2 is 1.77 bits per heavy atom. The fourth-order valence-corrected chi connectivity index (χ4v) is 4.47. The number of carbonyl (C=O) groups excluding carboxylic acids is 1. The van der Waals surface area contributed by atoms with Crippen LogP contribution in [0.2, 0.25) is 0 Å². The number of halogens is 1. The van der Waals surface area contributed by atoms with Crippen molar-refractivity contribution in [2.24, 2.45) is 0 Å². The maximum atomic E-state index is 13.3. The summed E-state index contributed by atoms with van der Waals surface area (Å²) < 4.78 is 41.5. The average Bonchev–Trinajstić information content (AvgIpc) is 3.38. The van der Waals surface area contributed by atoms with Gasteiger partial charge in [0.15, 0.2) is 5.82 Å². The lowest BCUT2D eigenvalue weighted by Crippen LogP contribution is -2.46. The number of nitrogens with one attached hydrogen (secondary N) is 1. The van der Waals surface area contributed by atoms with Gasteiger partial charge in [0, 0.05) is 31.5 Å². The predicted octanol–water partition coefficient (Wildman–Crippen LogP) is 1.96. The van der Waals surface area contributed by atoms with E-state index in [9.17, 15) is 17.6 Å². The number of amides is 1. The fraction of sp³-hybridized carbons (Fsp3) is 0.300. The number of rotatable bonds is 5. The summed E-state index contributed by atoms with van der Waals surface area (Å²) in [5, 5.41) is 7.35. The van der Waals surface area contributed by atoms with Gasteiger partial charge >= 0.3 is 0 Å². The highest BCUT2D eigenvalue weighted by atomic mass is 32.2. The van der Waals surface area contributed by atoms with Crippen LogP contribution in [0, 0.1) is 5.82 Å². The first-order valence-corrected chi connectivity index (χ1v) is 11.4. The summed E-state index contributed by atoms with van der Waals surface area (Å²) in [7, 11) is -3.22. The molecular weight excluding hydrogens is 409 g/mol. The summed E-state index contributed by atoms with van der Waals surface area (Å²) in [5.41, 5.74) is 1.00. The van der Waals surface area contributed by atoms with Crippen molar-refractivity contribution in [2.75, 3.05) is 19.3 Å². The van der Waals surface area contributed by atoms with Gasteiger partial charge in [-0.25, -0.2) is 21.8 Å². The quantitative estimate of drug-likeness (QED) is 0.669. The molecule has 1 aliphatic heterocycles. The highest BCUT2D eigenvalue weighted by Gasteiger charge is 2.27. The summed E-state index contributed by atoms with van der Waals surface area (Å²) >= 11 is 0. The summed E-state index contributed by atoms with van der Waals surface area (Å²) in [4.78, 5) is 13.0. The number of hydrogen-bond acceptors (Lipinski definition) is 4. The molecular formula is C20H22FN5O3S. The molecule has 1 N–H and O–H groups in total. The van der Waals surface area contributed by atoms with E-state index in [2.05, 4.69) is 10.4 Å². The Morgan fingerprint density at radius 3 is 2.37 bits per heavy atom. The molecule has 1 fully saturated rings. The summed E-state index contributed by atoms with van der Waals surface area (Å²) in [6.07, 6.45) is 7.38. The van der Waals surface area contributed by atoms with Gasteiger partial charge in [0.05, 0.1) is 18.1 Å². The third kappa shape index (κ3) is 4.14. The Kier molecular flexibility index (Phi) is 5.44. The van der Waals surface area contributed by atoms with Crippen LogP contribution in [0.4, 0.5) is 4.39 Å². The Hall–Kier alpha value is -2.98. The van der Waals surface area contributed by atoms with Gasteiger partial charge in [-0.2, -0.15) is 5.10 Å². The van der Waals surface area contributed by atoms with Gasteiger partial charge in [-0.15, -0.1) is 0 Å². The van der Waals surface area contributed by atoms with Crippen molar-refractivity contribution in [1.82, 2.24) is 24.0 Å². The second-order valence-corrected chi connectivity index (χ2v) is 9.25. The van der Waals surface area contributed by atoms with E-state index in [0.717, 1.165) is 0 Å². The maximum absolute atomic E-state index is 13.3. The summed E-state index contributed by atoms with van der Waals surface area (Å²) in [6.45, 7) is 0.756. The molecule has 1 saturated heterocycles. The van der Waals surface area contributed by atoms with Crippen molar-refractivity contribution in [2.45, 2.75) is 18.9 Å². The van der Waals surface area contributed by atoms with E-state index in [4.69, 9.17) is 0 Å². The first-order chi connectivity index (χ1) is 14.3. The van der Waals surface area contributed by atoms with E-state index in [-0.39, 0.29) is 17.8 Å². The second-order valence-electron chi connectivity index (χ2n) is 7.27. The molecule has 0 aliphatic carbocycles. The fourth-order valence-electron chi connectivity index (χ4n) is 3.59. The molecule has 3 heterocycles. The third-order valence-electron chi connectivity index (χ3n) is 5.17. The first kappa shape index (κ1) is 20.3. The van der Waals surface area contributed by atoms with Crippen LogP contribution in [-0.2, 0) is 10.0 Å². The van der Waals surface area contributed by atoms with E-state index in [0.29, 0.717) is 43.0 Å². The van der Waals surface area contributed by atoms with Crippen molar-refractivity contribution in [3.05, 3.63) is 66.4 Å². The van der Waals surface area contributed by atoms with Gasteiger partial charge in [0.2, 0.25) is 10.0 Å². The van der Waals surface area contributed by atoms with E-state index < -0.39 is 10.0 Å². The molecule has 1 aromatic carbocycles. The van der Waals surface area contributed by atoms with Gasteiger partial charge in [-0.3, -0.25) is 4.79 Å². The Labute approximate surface area is 174 Å². The zero-order chi connectivity index (χ0) is 21.3. The van der Waals surface area contributed by atoms with Crippen LogP contribution in [-0.4, -0.2) is 58.4 Å². The summed E-state index contributed by atoms with van der Waals surface area (Å²) in [5.74, 6) is -0.102. The highest BCUT2D eigenvalue weighted by Crippen LogP contribution is 2.21. The van der Waals surface area contributed by atoms with Crippen molar-refractivity contribution in [1.29, 1.82) is 0 Å². The van der Waals surface area contributed by atoms with Crippen LogP contribution < -0.4 is 5.32 Å². The first-order valence-electron chi connectivity index (χ1n) is 9.56. The zero-order valence-electron chi connectivity index (χ0n) is 16.4. The molecule has 0 spiro atoms. The van der Waals surface area contributed by atoms with Crippen LogP contribution in [0.5, 0.6) is 0 Å². The number of sulfonamides is 1. The number of aromatic nitrogens is 3. The second kappa shape index (κ2) is 8.04. The molecule has 0 bridgehead atoms. The Morgan fingerprint density at radius 1 is 1.13 bits per heavy atom. The Balaban J connectivity index is 1.58. The average molecular weight is 431 g/mol. The molecule has 2 aromatic heterocycles.